The van der Waals surface area contributed by atoms with Crippen LogP contribution in [0.4, 0.5) is 10.1 Å². The molecule has 0 radical (unpaired) electrons. The fourth-order valence-corrected chi connectivity index (χ4v) is 5.64. The standard InChI is InChI=1S/C30H27FNO6P/c31-25-8-4-5-9-26(25)32-29(24(30(32)35)16-17-27(33)20-6-2-1-3-7-20)23-15-12-21(18-28(23)34)19-10-13-22(14-11-19)39(36,37)38/h1-15,18,24,27,29,33-34H,16-17H2,(H2,36,37,38). The van der Waals surface area contributed by atoms with Crippen LogP contribution in [0.1, 0.15) is 36.1 Å². The Kier molecular flexibility index (Phi) is 7.38. The molecule has 200 valence electrons. The average molecular weight is 548 g/mol. The zero-order chi connectivity index (χ0) is 27.7. The molecule has 0 saturated carbocycles. The Morgan fingerprint density at radius 2 is 1.51 bits per heavy atom. The third-order valence-corrected chi connectivity index (χ3v) is 8.12. The number of carbonyl (C=O) groups is 1. The predicted octanol–water partition coefficient (Wildman–Crippen LogP) is 5.22. The van der Waals surface area contributed by atoms with E-state index >= 15 is 0 Å². The number of para-hydroxylation sites is 1. The highest BCUT2D eigenvalue weighted by Gasteiger charge is 2.50. The first-order valence-electron chi connectivity index (χ1n) is 12.4. The van der Waals surface area contributed by atoms with Gasteiger partial charge in [-0.3, -0.25) is 9.36 Å². The number of hydrogen-bond acceptors (Lipinski definition) is 4. The average Bonchev–Trinajstić information content (AvgIpc) is 2.93. The molecule has 1 aliphatic rings. The molecular formula is C30H27FNO6P. The van der Waals surface area contributed by atoms with E-state index in [9.17, 15) is 33.7 Å². The number of amides is 1. The van der Waals surface area contributed by atoms with Gasteiger partial charge in [0.25, 0.3) is 0 Å². The third-order valence-electron chi connectivity index (χ3n) is 7.15. The molecule has 4 aromatic rings. The Hall–Kier alpha value is -3.81. The Bertz CT molecular complexity index is 1540. The Morgan fingerprint density at radius 1 is 0.872 bits per heavy atom. The first kappa shape index (κ1) is 26.8. The molecular weight excluding hydrogens is 520 g/mol. The molecule has 39 heavy (non-hydrogen) atoms. The number of β-lactam (4-membered cyclic amide) rings is 1. The topological polar surface area (TPSA) is 118 Å². The van der Waals surface area contributed by atoms with Gasteiger partial charge in [0.15, 0.2) is 0 Å². The number of benzene rings is 4. The summed E-state index contributed by atoms with van der Waals surface area (Å²) in [5, 5.41) is 21.6. The van der Waals surface area contributed by atoms with E-state index in [0.717, 1.165) is 5.56 Å². The first-order chi connectivity index (χ1) is 18.6. The lowest BCUT2D eigenvalue weighted by atomic mass is 9.77. The van der Waals surface area contributed by atoms with Gasteiger partial charge in [0, 0.05) is 5.56 Å². The molecule has 0 spiro atoms. The lowest BCUT2D eigenvalue weighted by Gasteiger charge is -2.48. The van der Waals surface area contributed by atoms with Crippen LogP contribution in [-0.4, -0.2) is 25.9 Å². The minimum atomic E-state index is -4.38. The van der Waals surface area contributed by atoms with E-state index in [-0.39, 0.29) is 22.6 Å². The summed E-state index contributed by atoms with van der Waals surface area (Å²) in [6.07, 6.45) is -0.128. The number of phenolic OH excluding ortho intramolecular Hbond substituents is 1. The minimum absolute atomic E-state index is 0.0981. The van der Waals surface area contributed by atoms with Crippen LogP contribution in [0.5, 0.6) is 5.75 Å². The molecule has 4 aromatic carbocycles. The summed E-state index contributed by atoms with van der Waals surface area (Å²) in [6, 6.07) is 25.1. The number of aliphatic hydroxyl groups excluding tert-OH is 1. The van der Waals surface area contributed by atoms with Gasteiger partial charge in [0.2, 0.25) is 5.91 Å². The summed E-state index contributed by atoms with van der Waals surface area (Å²) in [6.45, 7) is 0. The van der Waals surface area contributed by atoms with Gasteiger partial charge in [-0.2, -0.15) is 0 Å². The smallest absolute Gasteiger partial charge is 0.356 e. The number of rotatable bonds is 8. The van der Waals surface area contributed by atoms with Gasteiger partial charge in [0.05, 0.1) is 29.1 Å². The lowest BCUT2D eigenvalue weighted by molar-refractivity contribution is -0.131. The number of aromatic hydroxyl groups is 1. The molecule has 3 atom stereocenters. The molecule has 1 aliphatic heterocycles. The largest absolute Gasteiger partial charge is 0.508 e. The summed E-state index contributed by atoms with van der Waals surface area (Å²) in [5.74, 6) is -1.52. The van der Waals surface area contributed by atoms with E-state index in [1.165, 1.54) is 41.3 Å². The molecule has 3 unspecified atom stereocenters. The van der Waals surface area contributed by atoms with E-state index in [1.807, 2.05) is 30.3 Å². The number of phenols is 1. The van der Waals surface area contributed by atoms with Crippen molar-refractivity contribution < 1.29 is 33.7 Å². The molecule has 0 bridgehead atoms. The van der Waals surface area contributed by atoms with E-state index in [2.05, 4.69) is 0 Å². The minimum Gasteiger partial charge on any atom is -0.508 e. The predicted molar refractivity (Wildman–Crippen MR) is 146 cm³/mol. The molecule has 4 N–H and O–H groups in total. The van der Waals surface area contributed by atoms with E-state index in [4.69, 9.17) is 0 Å². The van der Waals surface area contributed by atoms with Crippen LogP contribution in [0.2, 0.25) is 0 Å². The van der Waals surface area contributed by atoms with E-state index in [0.29, 0.717) is 29.5 Å². The zero-order valence-electron chi connectivity index (χ0n) is 20.8. The van der Waals surface area contributed by atoms with Gasteiger partial charge < -0.3 is 24.9 Å². The maximum absolute atomic E-state index is 14.7. The second-order valence-electron chi connectivity index (χ2n) is 9.58. The lowest BCUT2D eigenvalue weighted by Crippen LogP contribution is -2.55. The summed E-state index contributed by atoms with van der Waals surface area (Å²) in [4.78, 5) is 33.3. The van der Waals surface area contributed by atoms with Gasteiger partial charge in [-0.15, -0.1) is 0 Å². The monoisotopic (exact) mass is 547 g/mol. The number of anilines is 1. The molecule has 1 heterocycles. The quantitative estimate of drug-likeness (QED) is 0.178. The van der Waals surface area contributed by atoms with Crippen LogP contribution in [0.25, 0.3) is 11.1 Å². The fourth-order valence-electron chi connectivity index (χ4n) is 5.10. The molecule has 0 aliphatic carbocycles. The summed E-state index contributed by atoms with van der Waals surface area (Å²) < 4.78 is 26.2. The van der Waals surface area contributed by atoms with Crippen molar-refractivity contribution in [2.45, 2.75) is 25.0 Å². The van der Waals surface area contributed by atoms with Crippen LogP contribution in [0, 0.1) is 11.7 Å². The first-order valence-corrected chi connectivity index (χ1v) is 14.1. The number of aliphatic hydroxyl groups is 1. The Balaban J connectivity index is 1.45. The van der Waals surface area contributed by atoms with E-state index < -0.39 is 31.5 Å². The van der Waals surface area contributed by atoms with Gasteiger partial charge in [-0.25, -0.2) is 4.39 Å². The highest BCUT2D eigenvalue weighted by molar-refractivity contribution is 7.60. The number of nitrogens with zero attached hydrogens (tertiary/aromatic N) is 1. The maximum Gasteiger partial charge on any atom is 0.356 e. The SMILES string of the molecule is O=C1C(CCC(O)c2ccccc2)C(c2ccc(-c3ccc(P(=O)(O)O)cc3)cc2O)N1c1ccccc1F. The Morgan fingerprint density at radius 3 is 2.15 bits per heavy atom. The van der Waals surface area contributed by atoms with Gasteiger partial charge in [-0.1, -0.05) is 66.7 Å². The van der Waals surface area contributed by atoms with Crippen molar-refractivity contribution in [1.29, 1.82) is 0 Å². The molecule has 7 nitrogen and oxygen atoms in total. The number of halogens is 1. The fraction of sp³-hybridized carbons (Fsp3) is 0.167. The second kappa shape index (κ2) is 10.8. The maximum atomic E-state index is 14.7. The normalized spacial score (nSPS) is 18.1. The molecule has 5 rings (SSSR count). The molecule has 1 saturated heterocycles. The van der Waals surface area contributed by atoms with Crippen molar-refractivity contribution in [3.63, 3.8) is 0 Å². The second-order valence-corrected chi connectivity index (χ2v) is 11.2. The van der Waals surface area contributed by atoms with Crippen molar-refractivity contribution in [2.24, 2.45) is 5.92 Å². The van der Waals surface area contributed by atoms with Crippen molar-refractivity contribution in [3.05, 3.63) is 114 Å². The van der Waals surface area contributed by atoms with Crippen molar-refractivity contribution in [3.8, 4) is 16.9 Å². The Labute approximate surface area is 225 Å². The van der Waals surface area contributed by atoms with Crippen LogP contribution < -0.4 is 10.2 Å². The summed E-state index contributed by atoms with van der Waals surface area (Å²) in [7, 11) is -4.38. The highest BCUT2D eigenvalue weighted by atomic mass is 31.2. The van der Waals surface area contributed by atoms with Gasteiger partial charge in [-0.05, 0) is 59.9 Å². The van der Waals surface area contributed by atoms with Crippen molar-refractivity contribution in [2.75, 3.05) is 4.90 Å². The molecule has 1 fully saturated rings. The third kappa shape index (κ3) is 5.37. The molecule has 0 aromatic heterocycles. The summed E-state index contributed by atoms with van der Waals surface area (Å²) in [5.41, 5.74) is 2.53. The van der Waals surface area contributed by atoms with Crippen LogP contribution in [0.3, 0.4) is 0 Å². The van der Waals surface area contributed by atoms with Gasteiger partial charge in [0.1, 0.15) is 11.6 Å². The molecule has 9 heteroatoms. The van der Waals surface area contributed by atoms with Crippen LogP contribution >= 0.6 is 7.60 Å². The van der Waals surface area contributed by atoms with E-state index in [1.54, 1.807) is 30.3 Å². The zero-order valence-corrected chi connectivity index (χ0v) is 21.7. The number of hydrogen-bond donors (Lipinski definition) is 4. The molecule has 1 amide bonds. The van der Waals surface area contributed by atoms with Crippen molar-refractivity contribution in [1.82, 2.24) is 0 Å². The van der Waals surface area contributed by atoms with Gasteiger partial charge >= 0.3 is 7.60 Å². The van der Waals surface area contributed by atoms with Crippen LogP contribution in [-0.2, 0) is 9.36 Å². The van der Waals surface area contributed by atoms with Crippen molar-refractivity contribution >= 4 is 24.5 Å². The summed E-state index contributed by atoms with van der Waals surface area (Å²) >= 11 is 0. The number of carbonyl (C=O) groups excluding carboxylic acids is 1. The highest BCUT2D eigenvalue weighted by Crippen LogP contribution is 2.49. The van der Waals surface area contributed by atoms with Crippen LogP contribution in [0.15, 0.2) is 97.1 Å².